The van der Waals surface area contributed by atoms with Gasteiger partial charge >= 0.3 is 0 Å². The van der Waals surface area contributed by atoms with E-state index < -0.39 is 23.8 Å². The molecule has 0 saturated heterocycles. The maximum atomic E-state index is 10.6. The Morgan fingerprint density at radius 3 is 1.90 bits per heavy atom. The fourth-order valence-corrected chi connectivity index (χ4v) is 0.939. The molecule has 0 unspecified atom stereocenters. The summed E-state index contributed by atoms with van der Waals surface area (Å²) in [6.45, 7) is 0. The van der Waals surface area contributed by atoms with Crippen LogP contribution in [0, 0.1) is 0 Å². The quantitative estimate of drug-likeness (QED) is 0.412. The van der Waals surface area contributed by atoms with Crippen molar-refractivity contribution in [3.8, 4) is 0 Å². The molecule has 56 valence electrons. The topological polar surface area (TPSA) is 74.6 Å². The summed E-state index contributed by atoms with van der Waals surface area (Å²) < 4.78 is 0. The van der Waals surface area contributed by atoms with E-state index in [1.807, 2.05) is 0 Å². The van der Waals surface area contributed by atoms with E-state index in [-0.39, 0.29) is 12.8 Å². The Morgan fingerprint density at radius 2 is 1.50 bits per heavy atom. The SMILES string of the molecule is O=C1C[C@H](O)CC(=O)[C@@H]1O. The molecule has 0 heterocycles. The first-order chi connectivity index (χ1) is 4.61. The molecule has 4 heteroatoms. The maximum absolute atomic E-state index is 10.6. The first-order valence-corrected chi connectivity index (χ1v) is 3.03. The molecule has 10 heavy (non-hydrogen) atoms. The molecule has 0 aromatic heterocycles. The minimum absolute atomic E-state index is 0.104. The molecule has 1 saturated carbocycles. The zero-order valence-corrected chi connectivity index (χ0v) is 5.28. The van der Waals surface area contributed by atoms with E-state index in [4.69, 9.17) is 10.2 Å². The molecule has 0 radical (unpaired) electrons. The van der Waals surface area contributed by atoms with Crippen molar-refractivity contribution >= 4 is 11.6 Å². The largest absolute Gasteiger partial charge is 0.392 e. The van der Waals surface area contributed by atoms with Crippen LogP contribution in [0.25, 0.3) is 0 Å². The second-order valence-electron chi connectivity index (χ2n) is 2.40. The predicted octanol–water partition coefficient (Wildman–Crippen LogP) is -1.36. The molecular formula is C6H8O4. The molecule has 0 aromatic rings. The van der Waals surface area contributed by atoms with Crippen LogP contribution in [-0.4, -0.2) is 34.0 Å². The first-order valence-electron chi connectivity index (χ1n) is 3.03. The Balaban J connectivity index is 2.66. The molecular weight excluding hydrogens is 136 g/mol. The van der Waals surface area contributed by atoms with Crippen molar-refractivity contribution in [1.82, 2.24) is 0 Å². The van der Waals surface area contributed by atoms with E-state index in [9.17, 15) is 9.59 Å². The number of hydrogen-bond acceptors (Lipinski definition) is 4. The van der Waals surface area contributed by atoms with Gasteiger partial charge in [0.25, 0.3) is 0 Å². The lowest BCUT2D eigenvalue weighted by Crippen LogP contribution is -2.39. The van der Waals surface area contributed by atoms with E-state index in [1.54, 1.807) is 0 Å². The fraction of sp³-hybridized carbons (Fsp3) is 0.667. The number of carbonyl (C=O) groups is 2. The molecule has 0 aliphatic heterocycles. The molecule has 4 nitrogen and oxygen atoms in total. The van der Waals surface area contributed by atoms with Crippen molar-refractivity contribution in [2.75, 3.05) is 0 Å². The highest BCUT2D eigenvalue weighted by Gasteiger charge is 2.32. The fourth-order valence-electron chi connectivity index (χ4n) is 0.939. The Labute approximate surface area is 57.5 Å². The maximum Gasteiger partial charge on any atom is 0.171 e. The summed E-state index contributed by atoms with van der Waals surface area (Å²) in [4.78, 5) is 21.2. The van der Waals surface area contributed by atoms with Crippen molar-refractivity contribution < 1.29 is 19.8 Å². The van der Waals surface area contributed by atoms with Crippen LogP contribution in [0.15, 0.2) is 0 Å². The normalized spacial score (nSPS) is 34.6. The predicted molar refractivity (Wildman–Crippen MR) is 31.3 cm³/mol. The highest BCUT2D eigenvalue weighted by molar-refractivity contribution is 6.07. The third-order valence-electron chi connectivity index (χ3n) is 1.48. The van der Waals surface area contributed by atoms with E-state index >= 15 is 0 Å². The third-order valence-corrected chi connectivity index (χ3v) is 1.48. The number of Topliss-reactive ketones (excluding diaryl/α,β-unsaturated/α-hetero) is 2. The van der Waals surface area contributed by atoms with Gasteiger partial charge in [-0.05, 0) is 0 Å². The number of aliphatic hydroxyl groups is 2. The minimum Gasteiger partial charge on any atom is -0.392 e. The molecule has 0 aromatic carbocycles. The molecule has 1 aliphatic carbocycles. The zero-order chi connectivity index (χ0) is 7.72. The molecule has 1 rings (SSSR count). The Bertz CT molecular complexity index is 157. The van der Waals surface area contributed by atoms with Gasteiger partial charge in [-0.1, -0.05) is 0 Å². The highest BCUT2D eigenvalue weighted by atomic mass is 16.3. The van der Waals surface area contributed by atoms with Gasteiger partial charge in [-0.15, -0.1) is 0 Å². The summed E-state index contributed by atoms with van der Waals surface area (Å²) in [6.07, 6.45) is -2.58. The molecule has 0 spiro atoms. The van der Waals surface area contributed by atoms with Gasteiger partial charge in [-0.2, -0.15) is 0 Å². The zero-order valence-electron chi connectivity index (χ0n) is 5.28. The van der Waals surface area contributed by atoms with Crippen LogP contribution in [0.5, 0.6) is 0 Å². The highest BCUT2D eigenvalue weighted by Crippen LogP contribution is 2.11. The van der Waals surface area contributed by atoms with Gasteiger partial charge < -0.3 is 10.2 Å². The minimum atomic E-state index is -1.48. The number of rotatable bonds is 0. The van der Waals surface area contributed by atoms with Crippen molar-refractivity contribution in [3.05, 3.63) is 0 Å². The van der Waals surface area contributed by atoms with Crippen molar-refractivity contribution in [1.29, 1.82) is 0 Å². The summed E-state index contributed by atoms with van der Waals surface area (Å²) in [5.41, 5.74) is 0. The molecule has 1 fully saturated rings. The number of carbonyl (C=O) groups excluding carboxylic acids is 2. The Hall–Kier alpha value is -0.740. The van der Waals surface area contributed by atoms with Crippen molar-refractivity contribution in [3.63, 3.8) is 0 Å². The second kappa shape index (κ2) is 2.48. The molecule has 0 atom stereocenters. The first kappa shape index (κ1) is 7.37. The van der Waals surface area contributed by atoms with E-state index in [0.29, 0.717) is 0 Å². The molecule has 1 aliphatic rings. The van der Waals surface area contributed by atoms with Gasteiger partial charge in [0.05, 0.1) is 6.10 Å². The lowest BCUT2D eigenvalue weighted by molar-refractivity contribution is -0.145. The summed E-state index contributed by atoms with van der Waals surface area (Å²) in [6, 6.07) is 0. The summed E-state index contributed by atoms with van der Waals surface area (Å²) >= 11 is 0. The van der Waals surface area contributed by atoms with E-state index in [1.165, 1.54) is 0 Å². The second-order valence-corrected chi connectivity index (χ2v) is 2.40. The molecule has 0 amide bonds. The number of hydrogen-bond donors (Lipinski definition) is 2. The van der Waals surface area contributed by atoms with Crippen LogP contribution >= 0.6 is 0 Å². The summed E-state index contributed by atoms with van der Waals surface area (Å²) in [5, 5.41) is 17.6. The monoisotopic (exact) mass is 144 g/mol. The van der Waals surface area contributed by atoms with Gasteiger partial charge in [-0.3, -0.25) is 9.59 Å². The van der Waals surface area contributed by atoms with Crippen LogP contribution in [0.3, 0.4) is 0 Å². The van der Waals surface area contributed by atoms with Crippen LogP contribution in [0.1, 0.15) is 12.8 Å². The van der Waals surface area contributed by atoms with Gasteiger partial charge in [0.15, 0.2) is 17.7 Å². The number of ketones is 2. The smallest absolute Gasteiger partial charge is 0.171 e. The van der Waals surface area contributed by atoms with Crippen LogP contribution in [0.4, 0.5) is 0 Å². The molecule has 0 bridgehead atoms. The third kappa shape index (κ3) is 1.22. The lowest BCUT2D eigenvalue weighted by Gasteiger charge is -2.18. The van der Waals surface area contributed by atoms with Gasteiger partial charge in [0.2, 0.25) is 0 Å². The number of aliphatic hydroxyl groups excluding tert-OH is 2. The summed E-state index contributed by atoms with van der Waals surface area (Å²) in [7, 11) is 0. The summed E-state index contributed by atoms with van der Waals surface area (Å²) in [5.74, 6) is -1.16. The van der Waals surface area contributed by atoms with E-state index in [2.05, 4.69) is 0 Å². The van der Waals surface area contributed by atoms with Gasteiger partial charge in [0, 0.05) is 12.8 Å². The molecule has 2 N–H and O–H groups in total. The van der Waals surface area contributed by atoms with Crippen LogP contribution < -0.4 is 0 Å². The standard InChI is InChI=1S/C6H8O4/c7-3-1-4(8)6(10)5(9)2-3/h3,6-7,10H,1-2H2/t3-,6+. The average molecular weight is 144 g/mol. The lowest BCUT2D eigenvalue weighted by atomic mass is 9.93. The van der Waals surface area contributed by atoms with Gasteiger partial charge in [-0.25, -0.2) is 0 Å². The van der Waals surface area contributed by atoms with Crippen LogP contribution in [0.2, 0.25) is 0 Å². The van der Waals surface area contributed by atoms with E-state index in [0.717, 1.165) is 0 Å². The Morgan fingerprint density at radius 1 is 1.10 bits per heavy atom. The van der Waals surface area contributed by atoms with Crippen molar-refractivity contribution in [2.45, 2.75) is 25.0 Å². The Kier molecular flexibility index (Phi) is 1.82. The van der Waals surface area contributed by atoms with Crippen molar-refractivity contribution in [2.24, 2.45) is 0 Å². The average Bonchev–Trinajstić information content (AvgIpc) is 1.82. The van der Waals surface area contributed by atoms with Gasteiger partial charge in [0.1, 0.15) is 0 Å². The van der Waals surface area contributed by atoms with Crippen LogP contribution in [-0.2, 0) is 9.59 Å².